The number of carbonyl (C=O) groups is 2. The molecular weight excluding hydrogens is 382 g/mol. The van der Waals surface area contributed by atoms with Gasteiger partial charge in [-0.25, -0.2) is 0 Å². The number of nitrogens with one attached hydrogen (secondary N) is 1. The van der Waals surface area contributed by atoms with Crippen molar-refractivity contribution in [2.75, 3.05) is 5.32 Å². The number of hydrogen-bond acceptors (Lipinski definition) is 6. The summed E-state index contributed by atoms with van der Waals surface area (Å²) in [6.07, 6.45) is 0. The quantitative estimate of drug-likeness (QED) is 0.592. The fourth-order valence-corrected chi connectivity index (χ4v) is 4.20. The number of nitrogens with zero attached hydrogens (tertiary/aromatic N) is 3. The fraction of sp³-hybridized carbons (Fsp3) is 0.222. The van der Waals surface area contributed by atoms with Gasteiger partial charge in [-0.3, -0.25) is 9.59 Å². The van der Waals surface area contributed by atoms with Crippen LogP contribution in [0, 0.1) is 0 Å². The van der Waals surface area contributed by atoms with Gasteiger partial charge in [0.1, 0.15) is 5.00 Å². The lowest BCUT2D eigenvalue weighted by Gasteiger charge is -2.12. The van der Waals surface area contributed by atoms with Crippen molar-refractivity contribution < 1.29 is 9.59 Å². The van der Waals surface area contributed by atoms with E-state index in [4.69, 9.17) is 5.73 Å². The monoisotopic (exact) mass is 401 g/mol. The largest absolute Gasteiger partial charge is 0.366 e. The molecule has 0 saturated carbocycles. The molecule has 27 heavy (non-hydrogen) atoms. The van der Waals surface area contributed by atoms with Crippen LogP contribution in [0.15, 0.2) is 46.9 Å². The van der Waals surface area contributed by atoms with Crippen molar-refractivity contribution in [3.63, 3.8) is 0 Å². The number of primary amides is 1. The first-order valence-corrected chi connectivity index (χ1v) is 10.1. The molecule has 3 aromatic rings. The van der Waals surface area contributed by atoms with Crippen LogP contribution in [0.3, 0.4) is 0 Å². The van der Waals surface area contributed by atoms with E-state index < -0.39 is 11.2 Å². The van der Waals surface area contributed by atoms with E-state index in [-0.39, 0.29) is 5.91 Å². The molecule has 0 aliphatic heterocycles. The predicted molar refractivity (Wildman–Crippen MR) is 108 cm³/mol. The third-order valence-electron chi connectivity index (χ3n) is 3.88. The fourth-order valence-electron chi connectivity index (χ4n) is 2.49. The van der Waals surface area contributed by atoms with Crippen LogP contribution in [0.2, 0.25) is 0 Å². The van der Waals surface area contributed by atoms with Crippen molar-refractivity contribution in [3.8, 4) is 11.4 Å². The minimum absolute atomic E-state index is 0.225. The number of amides is 2. The summed E-state index contributed by atoms with van der Waals surface area (Å²) in [4.78, 5) is 23.9. The highest BCUT2D eigenvalue weighted by Crippen LogP contribution is 2.28. The molecule has 140 valence electrons. The van der Waals surface area contributed by atoms with Gasteiger partial charge >= 0.3 is 0 Å². The smallest absolute Gasteiger partial charge is 0.251 e. The number of carbonyl (C=O) groups excluding carboxylic acids is 2. The van der Waals surface area contributed by atoms with Gasteiger partial charge in [-0.15, -0.1) is 21.5 Å². The number of benzene rings is 1. The van der Waals surface area contributed by atoms with E-state index in [0.717, 1.165) is 11.4 Å². The number of nitrogens with two attached hydrogens (primary N) is 1. The molecule has 2 heterocycles. The molecule has 1 aromatic carbocycles. The van der Waals surface area contributed by atoms with Crippen molar-refractivity contribution in [1.82, 2.24) is 14.8 Å². The Labute approximate surface area is 165 Å². The van der Waals surface area contributed by atoms with E-state index in [9.17, 15) is 9.59 Å². The lowest BCUT2D eigenvalue weighted by Crippen LogP contribution is -2.24. The maximum atomic E-state index is 12.5. The molecule has 0 radical (unpaired) electrons. The molecule has 0 spiro atoms. The number of thioether (sulfide) groups is 1. The molecule has 0 unspecified atom stereocenters. The molecule has 0 bridgehead atoms. The van der Waals surface area contributed by atoms with Crippen LogP contribution in [0.25, 0.3) is 11.4 Å². The first kappa shape index (κ1) is 19.1. The van der Waals surface area contributed by atoms with E-state index in [2.05, 4.69) is 15.5 Å². The van der Waals surface area contributed by atoms with Gasteiger partial charge in [-0.2, -0.15) is 0 Å². The molecule has 3 rings (SSSR count). The van der Waals surface area contributed by atoms with E-state index in [1.54, 1.807) is 18.4 Å². The zero-order valence-electron chi connectivity index (χ0n) is 14.9. The number of hydrogen-bond donors (Lipinski definition) is 2. The van der Waals surface area contributed by atoms with Crippen LogP contribution in [-0.2, 0) is 11.3 Å². The Morgan fingerprint density at radius 1 is 1.26 bits per heavy atom. The van der Waals surface area contributed by atoms with Gasteiger partial charge in [0.2, 0.25) is 5.91 Å². The lowest BCUT2D eigenvalue weighted by molar-refractivity contribution is -0.115. The topological polar surface area (TPSA) is 103 Å². The molecule has 2 amide bonds. The summed E-state index contributed by atoms with van der Waals surface area (Å²) in [5.74, 6) is -0.0237. The SMILES string of the molecule is CCn1c(S[C@@H](C)C(=O)Nc2sccc2C(N)=O)nnc1-c1ccccc1. The Kier molecular flexibility index (Phi) is 5.92. The van der Waals surface area contributed by atoms with Crippen molar-refractivity contribution in [2.45, 2.75) is 30.8 Å². The molecule has 0 saturated heterocycles. The molecule has 9 heteroatoms. The van der Waals surface area contributed by atoms with Crippen molar-refractivity contribution >= 4 is 39.9 Å². The minimum Gasteiger partial charge on any atom is -0.366 e. The summed E-state index contributed by atoms with van der Waals surface area (Å²) in [5, 5.41) is 13.7. The van der Waals surface area contributed by atoms with Crippen LogP contribution in [0.4, 0.5) is 5.00 Å². The molecule has 2 aromatic heterocycles. The normalized spacial score (nSPS) is 11.9. The summed E-state index contributed by atoms with van der Waals surface area (Å²) in [7, 11) is 0. The number of rotatable bonds is 7. The zero-order chi connectivity index (χ0) is 19.4. The van der Waals surface area contributed by atoms with E-state index in [1.165, 1.54) is 23.1 Å². The second-order valence-corrected chi connectivity index (χ2v) is 7.92. The third-order valence-corrected chi connectivity index (χ3v) is 5.79. The second-order valence-electron chi connectivity index (χ2n) is 5.69. The number of anilines is 1. The maximum absolute atomic E-state index is 12.5. The van der Waals surface area contributed by atoms with Crippen LogP contribution < -0.4 is 11.1 Å². The van der Waals surface area contributed by atoms with E-state index in [1.807, 2.05) is 41.8 Å². The summed E-state index contributed by atoms with van der Waals surface area (Å²) in [5.41, 5.74) is 6.61. The highest BCUT2D eigenvalue weighted by atomic mass is 32.2. The number of aromatic nitrogens is 3. The average Bonchev–Trinajstić information content (AvgIpc) is 3.29. The third kappa shape index (κ3) is 4.20. The first-order valence-electron chi connectivity index (χ1n) is 8.34. The van der Waals surface area contributed by atoms with Crippen molar-refractivity contribution in [1.29, 1.82) is 0 Å². The molecular formula is C18H19N5O2S2. The molecule has 0 fully saturated rings. The molecule has 1 atom stereocenters. The molecule has 0 aliphatic carbocycles. The summed E-state index contributed by atoms with van der Waals surface area (Å²) in [6.45, 7) is 4.48. The average molecular weight is 402 g/mol. The van der Waals surface area contributed by atoms with Crippen molar-refractivity contribution in [2.24, 2.45) is 5.73 Å². The van der Waals surface area contributed by atoms with Crippen molar-refractivity contribution in [3.05, 3.63) is 47.3 Å². The van der Waals surface area contributed by atoms with Gasteiger partial charge in [0, 0.05) is 12.1 Å². The van der Waals surface area contributed by atoms with Crippen LogP contribution in [0.5, 0.6) is 0 Å². The first-order chi connectivity index (χ1) is 13.0. The highest BCUT2D eigenvalue weighted by Gasteiger charge is 2.22. The lowest BCUT2D eigenvalue weighted by atomic mass is 10.2. The Hall–Kier alpha value is -2.65. The highest BCUT2D eigenvalue weighted by molar-refractivity contribution is 8.00. The summed E-state index contributed by atoms with van der Waals surface area (Å²) < 4.78 is 1.98. The minimum atomic E-state index is -0.565. The Morgan fingerprint density at radius 3 is 2.67 bits per heavy atom. The van der Waals surface area contributed by atoms with Gasteiger partial charge in [0.15, 0.2) is 11.0 Å². The Balaban J connectivity index is 1.75. The maximum Gasteiger partial charge on any atom is 0.251 e. The zero-order valence-corrected chi connectivity index (χ0v) is 16.5. The Bertz CT molecular complexity index is 952. The second kappa shape index (κ2) is 8.36. The molecule has 3 N–H and O–H groups in total. The summed E-state index contributed by atoms with van der Waals surface area (Å²) >= 11 is 2.58. The van der Waals surface area contributed by atoms with E-state index >= 15 is 0 Å². The Morgan fingerprint density at radius 2 is 2.00 bits per heavy atom. The summed E-state index contributed by atoms with van der Waals surface area (Å²) in [6, 6.07) is 11.4. The van der Waals surface area contributed by atoms with Crippen LogP contribution in [-0.4, -0.2) is 31.8 Å². The predicted octanol–water partition coefficient (Wildman–Crippen LogP) is 3.24. The van der Waals surface area contributed by atoms with Gasteiger partial charge < -0.3 is 15.6 Å². The van der Waals surface area contributed by atoms with E-state index in [0.29, 0.717) is 22.3 Å². The van der Waals surface area contributed by atoms with Gasteiger partial charge in [-0.1, -0.05) is 42.1 Å². The molecule has 0 aliphatic rings. The van der Waals surface area contributed by atoms with Gasteiger partial charge in [0.05, 0.1) is 10.8 Å². The van der Waals surface area contributed by atoms with Crippen LogP contribution in [0.1, 0.15) is 24.2 Å². The van der Waals surface area contributed by atoms with Crippen LogP contribution >= 0.6 is 23.1 Å². The standard InChI is InChI=1S/C18H19N5O2S2/c1-3-23-15(12-7-5-4-6-8-12)21-22-18(23)27-11(2)16(25)20-17-13(14(19)24)9-10-26-17/h4-11H,3H2,1-2H3,(H2,19,24)(H,20,25)/t11-/m0/s1. The van der Waals surface area contributed by atoms with Gasteiger partial charge in [0.25, 0.3) is 5.91 Å². The number of thiophene rings is 1. The van der Waals surface area contributed by atoms with Gasteiger partial charge in [-0.05, 0) is 25.3 Å². The molecule has 7 nitrogen and oxygen atoms in total.